The van der Waals surface area contributed by atoms with Crippen molar-refractivity contribution in [3.05, 3.63) is 34.3 Å². The molecule has 22 heavy (non-hydrogen) atoms. The Kier molecular flexibility index (Phi) is 6.70. The summed E-state index contributed by atoms with van der Waals surface area (Å²) >= 11 is 9.00. The lowest BCUT2D eigenvalue weighted by Gasteiger charge is -2.32. The Labute approximate surface area is 144 Å². The Hall–Kier alpha value is -1.07. The summed E-state index contributed by atoms with van der Waals surface area (Å²) in [5.41, 5.74) is 0.687. The van der Waals surface area contributed by atoms with Gasteiger partial charge in [-0.05, 0) is 47.3 Å². The molecular weight excluding hydrogens is 368 g/mol. The first-order valence-electron chi connectivity index (χ1n) is 7.51. The zero-order valence-electron chi connectivity index (χ0n) is 12.4. The fraction of sp³-hybridized carbons (Fsp3) is 0.500. The molecule has 0 unspecified atom stereocenters. The average Bonchev–Trinajstić information content (AvgIpc) is 2.53. The van der Waals surface area contributed by atoms with Gasteiger partial charge in [-0.15, -0.1) is 11.6 Å². The van der Waals surface area contributed by atoms with Crippen molar-refractivity contribution in [1.82, 2.24) is 10.2 Å². The first-order chi connectivity index (χ1) is 10.6. The molecule has 1 aromatic carbocycles. The van der Waals surface area contributed by atoms with Crippen LogP contribution < -0.4 is 5.32 Å². The number of likely N-dealkylation sites (tertiary alicyclic amines) is 1. The Balaban J connectivity index is 1.83. The van der Waals surface area contributed by atoms with Gasteiger partial charge in [-0.25, -0.2) is 0 Å². The summed E-state index contributed by atoms with van der Waals surface area (Å²) in [6.07, 6.45) is 2.76. The highest BCUT2D eigenvalue weighted by Gasteiger charge is 2.25. The molecule has 0 spiro atoms. The van der Waals surface area contributed by atoms with Crippen molar-refractivity contribution in [3.63, 3.8) is 0 Å². The minimum Gasteiger partial charge on any atom is -0.353 e. The number of nitrogens with zero attached hydrogens (tertiary/aromatic N) is 1. The van der Waals surface area contributed by atoms with Crippen LogP contribution in [0.15, 0.2) is 28.7 Å². The van der Waals surface area contributed by atoms with E-state index in [9.17, 15) is 9.59 Å². The average molecular weight is 388 g/mol. The standard InChI is InChI=1S/C16H20BrClN2O2/c17-14-5-2-1-4-13(14)16(22)20-10-7-12(8-11-20)19-15(21)6-3-9-18/h1-2,4-5,12H,3,6-11H2,(H,19,21). The third-order valence-corrected chi connectivity index (χ3v) is 4.75. The van der Waals surface area contributed by atoms with Crippen molar-refractivity contribution in [2.45, 2.75) is 31.7 Å². The number of halogens is 2. The van der Waals surface area contributed by atoms with Crippen molar-refractivity contribution in [3.8, 4) is 0 Å². The van der Waals surface area contributed by atoms with E-state index in [-0.39, 0.29) is 17.9 Å². The van der Waals surface area contributed by atoms with E-state index in [1.165, 1.54) is 0 Å². The van der Waals surface area contributed by atoms with Crippen LogP contribution in [0.5, 0.6) is 0 Å². The highest BCUT2D eigenvalue weighted by atomic mass is 79.9. The zero-order valence-corrected chi connectivity index (χ0v) is 14.7. The molecule has 1 aromatic rings. The predicted molar refractivity (Wildman–Crippen MR) is 91.2 cm³/mol. The van der Waals surface area contributed by atoms with Gasteiger partial charge in [-0.3, -0.25) is 9.59 Å². The van der Waals surface area contributed by atoms with Gasteiger partial charge in [0.2, 0.25) is 5.91 Å². The fourth-order valence-corrected chi connectivity index (χ4v) is 3.15. The van der Waals surface area contributed by atoms with Crippen molar-refractivity contribution in [2.24, 2.45) is 0 Å². The van der Waals surface area contributed by atoms with Gasteiger partial charge in [-0.1, -0.05) is 12.1 Å². The van der Waals surface area contributed by atoms with E-state index in [0.29, 0.717) is 37.4 Å². The van der Waals surface area contributed by atoms with Gasteiger partial charge in [0, 0.05) is 35.9 Å². The second-order valence-corrected chi connectivity index (χ2v) is 6.64. The topological polar surface area (TPSA) is 49.4 Å². The molecule has 1 saturated heterocycles. The smallest absolute Gasteiger partial charge is 0.254 e. The SMILES string of the molecule is O=C(CCCCl)NC1CCN(C(=O)c2ccccc2Br)CC1. The lowest BCUT2D eigenvalue weighted by Crippen LogP contribution is -2.46. The number of benzene rings is 1. The number of carbonyl (C=O) groups is 2. The summed E-state index contributed by atoms with van der Waals surface area (Å²) in [7, 11) is 0. The van der Waals surface area contributed by atoms with E-state index in [4.69, 9.17) is 11.6 Å². The van der Waals surface area contributed by atoms with Crippen LogP contribution >= 0.6 is 27.5 Å². The second-order valence-electron chi connectivity index (χ2n) is 5.41. The van der Waals surface area contributed by atoms with Crippen LogP contribution in [0.2, 0.25) is 0 Å². The summed E-state index contributed by atoms with van der Waals surface area (Å²) < 4.78 is 0.816. The molecular formula is C16H20BrClN2O2. The highest BCUT2D eigenvalue weighted by molar-refractivity contribution is 9.10. The minimum absolute atomic E-state index is 0.0411. The molecule has 1 aliphatic rings. The van der Waals surface area contributed by atoms with Gasteiger partial charge < -0.3 is 10.2 Å². The number of nitrogens with one attached hydrogen (secondary N) is 1. The number of piperidine rings is 1. The predicted octanol–water partition coefficient (Wildman–Crippen LogP) is 3.19. The minimum atomic E-state index is 0.0411. The number of alkyl halides is 1. The molecule has 1 aliphatic heterocycles. The molecule has 0 radical (unpaired) electrons. The normalized spacial score (nSPS) is 15.6. The van der Waals surface area contributed by atoms with Gasteiger partial charge in [0.15, 0.2) is 0 Å². The molecule has 1 heterocycles. The summed E-state index contributed by atoms with van der Waals surface area (Å²) in [6, 6.07) is 7.61. The number of rotatable bonds is 5. The van der Waals surface area contributed by atoms with E-state index >= 15 is 0 Å². The summed E-state index contributed by atoms with van der Waals surface area (Å²) in [6.45, 7) is 1.33. The largest absolute Gasteiger partial charge is 0.353 e. The third kappa shape index (κ3) is 4.71. The van der Waals surface area contributed by atoms with Gasteiger partial charge in [0.1, 0.15) is 0 Å². The lowest BCUT2D eigenvalue weighted by molar-refractivity contribution is -0.122. The Morgan fingerprint density at radius 1 is 1.27 bits per heavy atom. The van der Waals surface area contributed by atoms with Gasteiger partial charge in [-0.2, -0.15) is 0 Å². The maximum absolute atomic E-state index is 12.5. The molecule has 0 aliphatic carbocycles. The first-order valence-corrected chi connectivity index (χ1v) is 8.83. The summed E-state index contributed by atoms with van der Waals surface area (Å²) in [4.78, 5) is 26.0. The Morgan fingerprint density at radius 3 is 2.59 bits per heavy atom. The lowest BCUT2D eigenvalue weighted by atomic mass is 10.0. The maximum atomic E-state index is 12.5. The van der Waals surface area contributed by atoms with E-state index in [1.54, 1.807) is 0 Å². The van der Waals surface area contributed by atoms with E-state index in [2.05, 4.69) is 21.2 Å². The van der Waals surface area contributed by atoms with Gasteiger partial charge in [0.05, 0.1) is 5.56 Å². The van der Waals surface area contributed by atoms with Crippen LogP contribution in [0.25, 0.3) is 0 Å². The molecule has 0 saturated carbocycles. The fourth-order valence-electron chi connectivity index (χ4n) is 2.56. The number of hydrogen-bond acceptors (Lipinski definition) is 2. The van der Waals surface area contributed by atoms with Crippen LogP contribution in [-0.2, 0) is 4.79 Å². The molecule has 120 valence electrons. The molecule has 1 fully saturated rings. The summed E-state index contributed by atoms with van der Waals surface area (Å²) in [5.74, 6) is 0.599. The number of amides is 2. The number of carbonyl (C=O) groups excluding carboxylic acids is 2. The monoisotopic (exact) mass is 386 g/mol. The molecule has 2 amide bonds. The molecule has 1 N–H and O–H groups in total. The van der Waals surface area contributed by atoms with Crippen LogP contribution in [0.3, 0.4) is 0 Å². The van der Waals surface area contributed by atoms with Crippen LogP contribution in [0.4, 0.5) is 0 Å². The van der Waals surface area contributed by atoms with Crippen LogP contribution in [0.1, 0.15) is 36.0 Å². The van der Waals surface area contributed by atoms with Crippen molar-refractivity contribution < 1.29 is 9.59 Å². The van der Waals surface area contributed by atoms with Crippen molar-refractivity contribution >= 4 is 39.3 Å². The van der Waals surface area contributed by atoms with E-state index in [1.807, 2.05) is 29.2 Å². The number of hydrogen-bond donors (Lipinski definition) is 1. The Bertz CT molecular complexity index is 531. The molecule has 0 bridgehead atoms. The van der Waals surface area contributed by atoms with Crippen molar-refractivity contribution in [2.75, 3.05) is 19.0 Å². The van der Waals surface area contributed by atoms with Gasteiger partial charge in [0.25, 0.3) is 5.91 Å². The quantitative estimate of drug-likeness (QED) is 0.789. The third-order valence-electron chi connectivity index (χ3n) is 3.79. The van der Waals surface area contributed by atoms with Crippen LogP contribution in [0, 0.1) is 0 Å². The maximum Gasteiger partial charge on any atom is 0.254 e. The van der Waals surface area contributed by atoms with E-state index in [0.717, 1.165) is 17.3 Å². The second kappa shape index (κ2) is 8.53. The molecule has 0 aromatic heterocycles. The van der Waals surface area contributed by atoms with Gasteiger partial charge >= 0.3 is 0 Å². The van der Waals surface area contributed by atoms with Crippen LogP contribution in [-0.4, -0.2) is 41.7 Å². The Morgan fingerprint density at radius 2 is 1.95 bits per heavy atom. The zero-order chi connectivity index (χ0) is 15.9. The first kappa shape index (κ1) is 17.3. The molecule has 4 nitrogen and oxygen atoms in total. The molecule has 6 heteroatoms. The highest BCUT2D eigenvalue weighted by Crippen LogP contribution is 2.20. The molecule has 2 rings (SSSR count). The molecule has 0 atom stereocenters. The van der Waals surface area contributed by atoms with Crippen molar-refractivity contribution in [1.29, 1.82) is 0 Å². The van der Waals surface area contributed by atoms with E-state index < -0.39 is 0 Å². The summed E-state index contributed by atoms with van der Waals surface area (Å²) in [5, 5.41) is 3.02.